The Morgan fingerprint density at radius 2 is 2.40 bits per heavy atom. The lowest BCUT2D eigenvalue weighted by Crippen LogP contribution is -2.26. The summed E-state index contributed by atoms with van der Waals surface area (Å²) in [7, 11) is 0. The lowest BCUT2D eigenvalue weighted by molar-refractivity contribution is 0.473. The minimum atomic E-state index is 0.692. The van der Waals surface area contributed by atoms with Crippen molar-refractivity contribution in [3.8, 4) is 0 Å². The van der Waals surface area contributed by atoms with Crippen molar-refractivity contribution >= 4 is 0 Å². The molecule has 1 heterocycles. The fourth-order valence-corrected chi connectivity index (χ4v) is 2.31. The van der Waals surface area contributed by atoms with Gasteiger partial charge in [-0.3, -0.25) is 0 Å². The largest absolute Gasteiger partial charge is 0.308 e. The topological polar surface area (TPSA) is 37.8 Å². The minimum Gasteiger partial charge on any atom is -0.308 e. The van der Waals surface area contributed by atoms with E-state index in [1.54, 1.807) is 6.20 Å². The molecule has 0 spiro atoms. The van der Waals surface area contributed by atoms with Crippen molar-refractivity contribution < 1.29 is 0 Å². The van der Waals surface area contributed by atoms with E-state index in [1.807, 2.05) is 12.1 Å². The molecule has 1 aliphatic rings. The van der Waals surface area contributed by atoms with Gasteiger partial charge in [-0.05, 0) is 37.3 Å². The highest BCUT2D eigenvalue weighted by Crippen LogP contribution is 2.27. The molecule has 1 fully saturated rings. The molecule has 2 unspecified atom stereocenters. The Balaban J connectivity index is 1.75. The summed E-state index contributed by atoms with van der Waals surface area (Å²) in [4.78, 5) is 0. The number of nitrogens with one attached hydrogen (secondary N) is 1. The Bertz CT molecular complexity index is 286. The van der Waals surface area contributed by atoms with Crippen LogP contribution in [-0.2, 0) is 6.54 Å². The first kappa shape index (κ1) is 10.6. The normalized spacial score (nSPS) is 25.7. The first-order chi connectivity index (χ1) is 7.38. The number of nitrogens with zero attached hydrogens (tertiary/aromatic N) is 2. The van der Waals surface area contributed by atoms with E-state index >= 15 is 0 Å². The van der Waals surface area contributed by atoms with Crippen molar-refractivity contribution in [2.75, 3.05) is 0 Å². The molecule has 1 aromatic rings. The number of hydrogen-bond donors (Lipinski definition) is 1. The number of rotatable bonds is 4. The molecule has 0 aromatic carbocycles. The van der Waals surface area contributed by atoms with Gasteiger partial charge in [0.25, 0.3) is 0 Å². The van der Waals surface area contributed by atoms with Gasteiger partial charge in [-0.2, -0.15) is 10.2 Å². The van der Waals surface area contributed by atoms with Gasteiger partial charge in [0.15, 0.2) is 0 Å². The maximum absolute atomic E-state index is 4.07. The van der Waals surface area contributed by atoms with Crippen LogP contribution in [-0.4, -0.2) is 16.2 Å². The third-order valence-electron chi connectivity index (χ3n) is 3.32. The van der Waals surface area contributed by atoms with Crippen LogP contribution in [0.5, 0.6) is 0 Å². The lowest BCUT2D eigenvalue weighted by Gasteiger charge is -2.11. The Labute approximate surface area is 91.3 Å². The predicted octanol–water partition coefficient (Wildman–Crippen LogP) is 2.14. The van der Waals surface area contributed by atoms with Crippen LogP contribution in [0.25, 0.3) is 0 Å². The summed E-state index contributed by atoms with van der Waals surface area (Å²) in [6.45, 7) is 3.14. The molecule has 1 N–H and O–H groups in total. The van der Waals surface area contributed by atoms with E-state index in [1.165, 1.54) is 25.7 Å². The molecule has 1 aliphatic carbocycles. The summed E-state index contributed by atoms with van der Waals surface area (Å²) < 4.78 is 0. The maximum atomic E-state index is 4.07. The van der Waals surface area contributed by atoms with Crippen molar-refractivity contribution in [3.63, 3.8) is 0 Å². The summed E-state index contributed by atoms with van der Waals surface area (Å²) in [5.41, 5.74) is 1.04. The molecule has 3 nitrogen and oxygen atoms in total. The summed E-state index contributed by atoms with van der Waals surface area (Å²) in [5.74, 6) is 0.935. The predicted molar refractivity (Wildman–Crippen MR) is 60.3 cm³/mol. The second-order valence-electron chi connectivity index (χ2n) is 4.38. The van der Waals surface area contributed by atoms with Gasteiger partial charge in [-0.25, -0.2) is 0 Å². The van der Waals surface area contributed by atoms with Crippen molar-refractivity contribution in [1.82, 2.24) is 15.5 Å². The molecule has 3 heteroatoms. The molecule has 2 rings (SSSR count). The first-order valence-electron chi connectivity index (χ1n) is 5.88. The zero-order valence-electron chi connectivity index (χ0n) is 9.32. The van der Waals surface area contributed by atoms with E-state index in [2.05, 4.69) is 22.4 Å². The van der Waals surface area contributed by atoms with Crippen molar-refractivity contribution in [2.24, 2.45) is 5.92 Å². The van der Waals surface area contributed by atoms with Crippen LogP contribution in [0.2, 0.25) is 0 Å². The van der Waals surface area contributed by atoms with E-state index in [4.69, 9.17) is 0 Å². The smallest absolute Gasteiger partial charge is 0.0769 e. The fourth-order valence-electron chi connectivity index (χ4n) is 2.31. The van der Waals surface area contributed by atoms with Gasteiger partial charge in [0.2, 0.25) is 0 Å². The van der Waals surface area contributed by atoms with Crippen molar-refractivity contribution in [3.05, 3.63) is 24.0 Å². The molecular weight excluding hydrogens is 186 g/mol. The minimum absolute atomic E-state index is 0.692. The molecule has 0 amide bonds. The summed E-state index contributed by atoms with van der Waals surface area (Å²) in [5, 5.41) is 11.5. The Hall–Kier alpha value is -0.960. The zero-order chi connectivity index (χ0) is 10.5. The van der Waals surface area contributed by atoms with Gasteiger partial charge in [0.1, 0.15) is 0 Å². The SMILES string of the molecule is CCC1CCC(NCc2cccnn2)C1. The maximum Gasteiger partial charge on any atom is 0.0769 e. The molecule has 0 aliphatic heterocycles. The molecule has 15 heavy (non-hydrogen) atoms. The zero-order valence-corrected chi connectivity index (χ0v) is 9.32. The highest BCUT2D eigenvalue weighted by molar-refractivity contribution is 4.99. The quantitative estimate of drug-likeness (QED) is 0.818. The second-order valence-corrected chi connectivity index (χ2v) is 4.38. The van der Waals surface area contributed by atoms with Crippen LogP contribution in [0.15, 0.2) is 18.3 Å². The number of aromatic nitrogens is 2. The van der Waals surface area contributed by atoms with Crippen molar-refractivity contribution in [1.29, 1.82) is 0 Å². The highest BCUT2D eigenvalue weighted by atomic mass is 15.1. The van der Waals surface area contributed by atoms with E-state index < -0.39 is 0 Å². The Kier molecular flexibility index (Phi) is 3.67. The third-order valence-corrected chi connectivity index (χ3v) is 3.32. The van der Waals surface area contributed by atoms with Crippen LogP contribution in [0, 0.1) is 5.92 Å². The Morgan fingerprint density at radius 1 is 1.47 bits per heavy atom. The van der Waals surface area contributed by atoms with E-state index in [0.717, 1.165) is 18.2 Å². The second kappa shape index (κ2) is 5.21. The molecular formula is C12H19N3. The van der Waals surface area contributed by atoms with E-state index in [-0.39, 0.29) is 0 Å². The highest BCUT2D eigenvalue weighted by Gasteiger charge is 2.22. The van der Waals surface area contributed by atoms with E-state index in [0.29, 0.717) is 6.04 Å². The summed E-state index contributed by atoms with van der Waals surface area (Å²) in [6, 6.07) is 4.65. The molecule has 1 saturated carbocycles. The van der Waals surface area contributed by atoms with E-state index in [9.17, 15) is 0 Å². The number of hydrogen-bond acceptors (Lipinski definition) is 3. The first-order valence-corrected chi connectivity index (χ1v) is 5.88. The van der Waals surface area contributed by atoms with Gasteiger partial charge >= 0.3 is 0 Å². The van der Waals surface area contributed by atoms with Crippen LogP contribution in [0.1, 0.15) is 38.3 Å². The van der Waals surface area contributed by atoms with Crippen LogP contribution in [0.3, 0.4) is 0 Å². The van der Waals surface area contributed by atoms with Crippen LogP contribution in [0.4, 0.5) is 0 Å². The molecule has 0 saturated heterocycles. The summed E-state index contributed by atoms with van der Waals surface area (Å²) in [6.07, 6.45) is 7.07. The molecule has 0 bridgehead atoms. The average Bonchev–Trinajstić information content (AvgIpc) is 2.76. The standard InChI is InChI=1S/C12H19N3/c1-2-10-5-6-11(8-10)13-9-12-4-3-7-14-15-12/h3-4,7,10-11,13H,2,5-6,8-9H2,1H3. The van der Waals surface area contributed by atoms with Gasteiger partial charge in [0, 0.05) is 18.8 Å². The van der Waals surface area contributed by atoms with Crippen molar-refractivity contribution in [2.45, 2.75) is 45.2 Å². The van der Waals surface area contributed by atoms with Gasteiger partial charge < -0.3 is 5.32 Å². The molecule has 82 valence electrons. The van der Waals surface area contributed by atoms with Gasteiger partial charge in [0.05, 0.1) is 5.69 Å². The molecule has 1 aromatic heterocycles. The van der Waals surface area contributed by atoms with Gasteiger partial charge in [-0.1, -0.05) is 13.3 Å². The third kappa shape index (κ3) is 2.99. The Morgan fingerprint density at radius 3 is 3.07 bits per heavy atom. The lowest BCUT2D eigenvalue weighted by atomic mass is 10.1. The van der Waals surface area contributed by atoms with Gasteiger partial charge in [-0.15, -0.1) is 0 Å². The molecule has 2 atom stereocenters. The fraction of sp³-hybridized carbons (Fsp3) is 0.667. The average molecular weight is 205 g/mol. The van der Waals surface area contributed by atoms with Crippen LogP contribution >= 0.6 is 0 Å². The monoisotopic (exact) mass is 205 g/mol. The summed E-state index contributed by atoms with van der Waals surface area (Å²) >= 11 is 0. The van der Waals surface area contributed by atoms with Crippen LogP contribution < -0.4 is 5.32 Å². The molecule has 0 radical (unpaired) electrons.